The minimum absolute atomic E-state index is 0.00287. The van der Waals surface area contributed by atoms with E-state index in [0.717, 1.165) is 38.8 Å². The van der Waals surface area contributed by atoms with Gasteiger partial charge in [0.25, 0.3) is 0 Å². The van der Waals surface area contributed by atoms with Crippen LogP contribution in [0.4, 0.5) is 0 Å². The zero-order valence-corrected chi connectivity index (χ0v) is 11.9. The summed E-state index contributed by atoms with van der Waals surface area (Å²) in [5.41, 5.74) is 0. The lowest BCUT2D eigenvalue weighted by Crippen LogP contribution is -2.50. The summed E-state index contributed by atoms with van der Waals surface area (Å²) in [6.07, 6.45) is 4.57. The molecule has 104 valence electrons. The second-order valence-corrected chi connectivity index (χ2v) is 5.43. The predicted molar refractivity (Wildman–Crippen MR) is 72.1 cm³/mol. The summed E-state index contributed by atoms with van der Waals surface area (Å²) in [7, 11) is 0. The normalized spacial score (nSPS) is 17.0. The predicted octanol–water partition coefficient (Wildman–Crippen LogP) is 1.94. The van der Waals surface area contributed by atoms with Crippen LogP contribution < -0.4 is 5.32 Å². The van der Waals surface area contributed by atoms with E-state index < -0.39 is 0 Å². The summed E-state index contributed by atoms with van der Waals surface area (Å²) in [4.78, 5) is 25.9. The molecular weight excluding hydrogens is 228 g/mol. The lowest BCUT2D eigenvalue weighted by atomic mass is 10.0. The van der Waals surface area contributed by atoms with Crippen LogP contribution >= 0.6 is 0 Å². The Hall–Kier alpha value is -1.06. The largest absolute Gasteiger partial charge is 0.344 e. The molecule has 1 atom stereocenters. The van der Waals surface area contributed by atoms with Gasteiger partial charge in [0.15, 0.2) is 0 Å². The average molecular weight is 254 g/mol. The Morgan fingerprint density at radius 2 is 1.83 bits per heavy atom. The fourth-order valence-corrected chi connectivity index (χ4v) is 2.23. The number of nitrogens with zero attached hydrogens (tertiary/aromatic N) is 1. The SMILES string of the molecule is CCCCC(=O)N[C@@H](C(=O)N1CCCC1)C(C)C. The van der Waals surface area contributed by atoms with E-state index in [2.05, 4.69) is 12.2 Å². The van der Waals surface area contributed by atoms with Crippen LogP contribution in [0.25, 0.3) is 0 Å². The highest BCUT2D eigenvalue weighted by molar-refractivity contribution is 5.88. The number of nitrogens with one attached hydrogen (secondary N) is 1. The first kappa shape index (κ1) is 15.0. The molecule has 1 heterocycles. The molecule has 1 aliphatic heterocycles. The van der Waals surface area contributed by atoms with Gasteiger partial charge in [-0.15, -0.1) is 0 Å². The molecule has 1 aliphatic rings. The Balaban J connectivity index is 2.53. The molecule has 1 fully saturated rings. The van der Waals surface area contributed by atoms with Gasteiger partial charge in [-0.25, -0.2) is 0 Å². The van der Waals surface area contributed by atoms with Crippen molar-refractivity contribution in [2.24, 2.45) is 5.92 Å². The zero-order chi connectivity index (χ0) is 13.5. The van der Waals surface area contributed by atoms with Gasteiger partial charge in [-0.05, 0) is 25.2 Å². The van der Waals surface area contributed by atoms with Crippen LogP contribution in [0.2, 0.25) is 0 Å². The van der Waals surface area contributed by atoms with Gasteiger partial charge < -0.3 is 10.2 Å². The Bertz CT molecular complexity index is 284. The summed E-state index contributed by atoms with van der Waals surface area (Å²) >= 11 is 0. The lowest BCUT2D eigenvalue weighted by molar-refractivity contribution is -0.136. The third kappa shape index (κ3) is 4.31. The summed E-state index contributed by atoms with van der Waals surface area (Å²) in [5.74, 6) is 0.235. The van der Waals surface area contributed by atoms with Crippen molar-refractivity contribution in [3.63, 3.8) is 0 Å². The molecular formula is C14H26N2O2. The smallest absolute Gasteiger partial charge is 0.245 e. The molecule has 0 aromatic heterocycles. The van der Waals surface area contributed by atoms with Crippen LogP contribution in [-0.4, -0.2) is 35.8 Å². The van der Waals surface area contributed by atoms with Gasteiger partial charge in [-0.2, -0.15) is 0 Å². The number of hydrogen-bond acceptors (Lipinski definition) is 2. The first-order valence-electron chi connectivity index (χ1n) is 7.14. The van der Waals surface area contributed by atoms with Crippen LogP contribution in [0, 0.1) is 5.92 Å². The molecule has 1 N–H and O–H groups in total. The van der Waals surface area contributed by atoms with Crippen LogP contribution in [0.1, 0.15) is 52.9 Å². The molecule has 0 radical (unpaired) electrons. The highest BCUT2D eigenvalue weighted by Crippen LogP contribution is 2.13. The minimum Gasteiger partial charge on any atom is -0.344 e. The fraction of sp³-hybridized carbons (Fsp3) is 0.857. The molecule has 0 aliphatic carbocycles. The molecule has 0 saturated carbocycles. The number of carbonyl (C=O) groups excluding carboxylic acids is 2. The minimum atomic E-state index is -0.354. The summed E-state index contributed by atoms with van der Waals surface area (Å²) < 4.78 is 0. The number of unbranched alkanes of at least 4 members (excludes halogenated alkanes) is 1. The summed E-state index contributed by atoms with van der Waals surface area (Å²) in [6.45, 7) is 7.71. The van der Waals surface area contributed by atoms with Crippen LogP contribution in [0.5, 0.6) is 0 Å². The van der Waals surface area contributed by atoms with E-state index in [1.54, 1.807) is 0 Å². The van der Waals surface area contributed by atoms with Gasteiger partial charge in [-0.1, -0.05) is 27.2 Å². The topological polar surface area (TPSA) is 49.4 Å². The second kappa shape index (κ2) is 7.39. The highest BCUT2D eigenvalue weighted by atomic mass is 16.2. The molecule has 0 unspecified atom stereocenters. The first-order chi connectivity index (χ1) is 8.56. The van der Waals surface area contributed by atoms with Crippen molar-refractivity contribution in [1.29, 1.82) is 0 Å². The van der Waals surface area contributed by atoms with Gasteiger partial charge in [0.1, 0.15) is 6.04 Å². The van der Waals surface area contributed by atoms with Crippen molar-refractivity contribution in [3.05, 3.63) is 0 Å². The fourth-order valence-electron chi connectivity index (χ4n) is 2.23. The summed E-state index contributed by atoms with van der Waals surface area (Å²) in [6, 6.07) is -0.354. The number of carbonyl (C=O) groups is 2. The van der Waals surface area contributed by atoms with E-state index in [4.69, 9.17) is 0 Å². The van der Waals surface area contributed by atoms with Crippen LogP contribution in [0.15, 0.2) is 0 Å². The Morgan fingerprint density at radius 3 is 2.33 bits per heavy atom. The quantitative estimate of drug-likeness (QED) is 0.787. The van der Waals surface area contributed by atoms with Crippen LogP contribution in [-0.2, 0) is 9.59 Å². The van der Waals surface area contributed by atoms with E-state index in [9.17, 15) is 9.59 Å². The molecule has 0 aromatic rings. The lowest BCUT2D eigenvalue weighted by Gasteiger charge is -2.26. The monoisotopic (exact) mass is 254 g/mol. The van der Waals surface area contributed by atoms with Crippen molar-refractivity contribution in [3.8, 4) is 0 Å². The molecule has 0 bridgehead atoms. The van der Waals surface area contributed by atoms with E-state index in [1.807, 2.05) is 18.7 Å². The van der Waals surface area contributed by atoms with Crippen molar-refractivity contribution >= 4 is 11.8 Å². The number of amides is 2. The van der Waals surface area contributed by atoms with Crippen molar-refractivity contribution < 1.29 is 9.59 Å². The Kier molecular flexibility index (Phi) is 6.16. The van der Waals surface area contributed by atoms with Gasteiger partial charge in [-0.3, -0.25) is 9.59 Å². The molecule has 4 nitrogen and oxygen atoms in total. The molecule has 0 aromatic carbocycles. The van der Waals surface area contributed by atoms with E-state index >= 15 is 0 Å². The summed E-state index contributed by atoms with van der Waals surface area (Å²) in [5, 5.41) is 2.90. The van der Waals surface area contributed by atoms with Gasteiger partial charge in [0.05, 0.1) is 0 Å². The maximum Gasteiger partial charge on any atom is 0.245 e. The van der Waals surface area contributed by atoms with Gasteiger partial charge >= 0.3 is 0 Å². The van der Waals surface area contributed by atoms with E-state index in [-0.39, 0.29) is 23.8 Å². The second-order valence-electron chi connectivity index (χ2n) is 5.43. The number of likely N-dealkylation sites (tertiary alicyclic amines) is 1. The zero-order valence-electron chi connectivity index (χ0n) is 11.9. The Morgan fingerprint density at radius 1 is 1.22 bits per heavy atom. The maximum atomic E-state index is 12.3. The molecule has 4 heteroatoms. The number of rotatable bonds is 6. The molecule has 1 rings (SSSR count). The standard InChI is InChI=1S/C14H26N2O2/c1-4-5-8-12(17)15-13(11(2)3)14(18)16-9-6-7-10-16/h11,13H,4-10H2,1-3H3,(H,15,17)/t13-/m1/s1. The van der Waals surface area contributed by atoms with Gasteiger partial charge in [0, 0.05) is 19.5 Å². The molecule has 1 saturated heterocycles. The van der Waals surface area contributed by atoms with Crippen molar-refractivity contribution in [2.45, 2.75) is 58.9 Å². The number of hydrogen-bond donors (Lipinski definition) is 1. The maximum absolute atomic E-state index is 12.3. The third-order valence-corrected chi connectivity index (χ3v) is 3.42. The molecule has 0 spiro atoms. The van der Waals surface area contributed by atoms with Crippen LogP contribution in [0.3, 0.4) is 0 Å². The van der Waals surface area contributed by atoms with Crippen molar-refractivity contribution in [2.75, 3.05) is 13.1 Å². The third-order valence-electron chi connectivity index (χ3n) is 3.42. The highest BCUT2D eigenvalue weighted by Gasteiger charge is 2.29. The van der Waals surface area contributed by atoms with Gasteiger partial charge in [0.2, 0.25) is 11.8 Å². The molecule has 18 heavy (non-hydrogen) atoms. The average Bonchev–Trinajstić information content (AvgIpc) is 2.85. The Labute approximate surface area is 110 Å². The molecule has 2 amide bonds. The first-order valence-corrected chi connectivity index (χ1v) is 7.14. The van der Waals surface area contributed by atoms with Crippen molar-refractivity contribution in [1.82, 2.24) is 10.2 Å². The van der Waals surface area contributed by atoms with E-state index in [1.165, 1.54) is 0 Å². The van der Waals surface area contributed by atoms with E-state index in [0.29, 0.717) is 6.42 Å².